The average Bonchev–Trinajstić information content (AvgIpc) is 2.78. The van der Waals surface area contributed by atoms with Gasteiger partial charge >= 0.3 is 0 Å². The topological polar surface area (TPSA) is 66.5 Å². The van der Waals surface area contributed by atoms with Crippen LogP contribution in [0.3, 0.4) is 0 Å². The average molecular weight is 252 g/mol. The van der Waals surface area contributed by atoms with Gasteiger partial charge in [0.05, 0.1) is 17.3 Å². The monoisotopic (exact) mass is 251 g/mol. The number of H-pyrrole nitrogens is 1. The number of fused-ring (bicyclic) bond motifs is 1. The molecule has 1 aliphatic heterocycles. The summed E-state index contributed by atoms with van der Waals surface area (Å²) >= 11 is 5.91. The van der Waals surface area contributed by atoms with Gasteiger partial charge in [-0.1, -0.05) is 0 Å². The van der Waals surface area contributed by atoms with Gasteiger partial charge in [-0.3, -0.25) is 5.10 Å². The number of halogens is 1. The third-order valence-corrected chi connectivity index (χ3v) is 3.41. The molecule has 90 valence electrons. The summed E-state index contributed by atoms with van der Waals surface area (Å²) in [7, 11) is 0. The van der Waals surface area contributed by atoms with Crippen molar-refractivity contribution >= 4 is 22.6 Å². The smallest absolute Gasteiger partial charge is 0.224 e. The molecule has 2 aromatic heterocycles. The highest BCUT2D eigenvalue weighted by molar-refractivity contribution is 6.28. The van der Waals surface area contributed by atoms with Crippen molar-refractivity contribution < 1.29 is 0 Å². The quantitative estimate of drug-likeness (QED) is 0.795. The number of piperidine rings is 1. The van der Waals surface area contributed by atoms with Crippen LogP contribution in [0.4, 0.5) is 0 Å². The van der Waals surface area contributed by atoms with E-state index >= 15 is 0 Å². The largest absolute Gasteiger partial charge is 0.316 e. The van der Waals surface area contributed by atoms with Gasteiger partial charge in [0.25, 0.3) is 0 Å². The Bertz CT molecular complexity index is 518. The number of rotatable bonds is 2. The van der Waals surface area contributed by atoms with Gasteiger partial charge in [-0.15, -0.1) is 0 Å². The summed E-state index contributed by atoms with van der Waals surface area (Å²) in [4.78, 5) is 8.44. The molecule has 6 heteroatoms. The molecule has 3 rings (SSSR count). The van der Waals surface area contributed by atoms with Crippen molar-refractivity contribution in [1.82, 2.24) is 25.5 Å². The third-order valence-electron chi connectivity index (χ3n) is 3.24. The van der Waals surface area contributed by atoms with E-state index in [2.05, 4.69) is 25.5 Å². The molecule has 0 bridgehead atoms. The lowest BCUT2D eigenvalue weighted by Gasteiger charge is -2.22. The van der Waals surface area contributed by atoms with E-state index in [-0.39, 0.29) is 0 Å². The van der Waals surface area contributed by atoms with Crippen molar-refractivity contribution in [3.05, 3.63) is 17.2 Å². The summed E-state index contributed by atoms with van der Waals surface area (Å²) in [6.45, 7) is 2.18. The van der Waals surface area contributed by atoms with Crippen LogP contribution in [0.5, 0.6) is 0 Å². The Morgan fingerprint density at radius 3 is 3.18 bits per heavy atom. The van der Waals surface area contributed by atoms with Crippen molar-refractivity contribution in [1.29, 1.82) is 0 Å². The van der Waals surface area contributed by atoms with Crippen molar-refractivity contribution in [2.75, 3.05) is 13.1 Å². The minimum Gasteiger partial charge on any atom is -0.316 e. The van der Waals surface area contributed by atoms with Crippen molar-refractivity contribution in [2.24, 2.45) is 5.92 Å². The van der Waals surface area contributed by atoms with Crippen molar-refractivity contribution in [3.8, 4) is 0 Å². The standard InChI is InChI=1S/C11H14ClN5/c12-11-15-9(4-7-2-1-3-13-5-7)8-6-14-17-10(8)16-11/h6-7,13H,1-5H2,(H,14,15,16,17). The molecule has 17 heavy (non-hydrogen) atoms. The van der Waals surface area contributed by atoms with Gasteiger partial charge in [0.2, 0.25) is 5.28 Å². The van der Waals surface area contributed by atoms with E-state index in [1.54, 1.807) is 6.20 Å². The fourth-order valence-corrected chi connectivity index (χ4v) is 2.58. The van der Waals surface area contributed by atoms with Crippen LogP contribution < -0.4 is 5.32 Å². The minimum atomic E-state index is 0.292. The summed E-state index contributed by atoms with van der Waals surface area (Å²) in [5, 5.41) is 11.5. The van der Waals surface area contributed by atoms with Crippen molar-refractivity contribution in [3.63, 3.8) is 0 Å². The van der Waals surface area contributed by atoms with Crippen LogP contribution >= 0.6 is 11.6 Å². The molecule has 0 saturated carbocycles. The van der Waals surface area contributed by atoms with Crippen LogP contribution in [0.1, 0.15) is 18.5 Å². The zero-order chi connectivity index (χ0) is 11.7. The Labute approximate surface area is 104 Å². The zero-order valence-electron chi connectivity index (χ0n) is 9.41. The Balaban J connectivity index is 1.90. The first-order valence-corrected chi connectivity index (χ1v) is 6.27. The second kappa shape index (κ2) is 4.58. The Hall–Kier alpha value is -1.20. The Morgan fingerprint density at radius 2 is 2.35 bits per heavy atom. The second-order valence-electron chi connectivity index (χ2n) is 4.49. The van der Waals surface area contributed by atoms with Gasteiger partial charge < -0.3 is 5.32 Å². The van der Waals surface area contributed by atoms with Crippen LogP contribution in [-0.4, -0.2) is 33.3 Å². The van der Waals surface area contributed by atoms with E-state index in [1.807, 2.05) is 0 Å². The lowest BCUT2D eigenvalue weighted by Crippen LogP contribution is -2.31. The Morgan fingerprint density at radius 1 is 1.41 bits per heavy atom. The molecule has 1 saturated heterocycles. The zero-order valence-corrected chi connectivity index (χ0v) is 10.2. The first kappa shape index (κ1) is 10.9. The molecule has 3 heterocycles. The van der Waals surface area contributed by atoms with E-state index in [4.69, 9.17) is 11.6 Å². The van der Waals surface area contributed by atoms with Crippen molar-refractivity contribution in [2.45, 2.75) is 19.3 Å². The highest BCUT2D eigenvalue weighted by atomic mass is 35.5. The normalized spacial score (nSPS) is 20.9. The second-order valence-corrected chi connectivity index (χ2v) is 4.83. The molecule has 1 atom stereocenters. The summed E-state index contributed by atoms with van der Waals surface area (Å²) in [6, 6.07) is 0. The molecule has 1 unspecified atom stereocenters. The number of nitrogens with one attached hydrogen (secondary N) is 2. The predicted molar refractivity (Wildman–Crippen MR) is 66.0 cm³/mol. The number of hydrogen-bond donors (Lipinski definition) is 2. The van der Waals surface area contributed by atoms with E-state index in [0.717, 1.165) is 36.2 Å². The van der Waals surface area contributed by atoms with Crippen LogP contribution in [0.2, 0.25) is 5.28 Å². The van der Waals surface area contributed by atoms with Crippen LogP contribution in [0, 0.1) is 5.92 Å². The molecule has 2 aromatic rings. The van der Waals surface area contributed by atoms with Gasteiger partial charge in [-0.25, -0.2) is 4.98 Å². The lowest BCUT2D eigenvalue weighted by molar-refractivity contribution is 0.374. The molecule has 0 radical (unpaired) electrons. The molecule has 0 amide bonds. The van der Waals surface area contributed by atoms with E-state index in [9.17, 15) is 0 Å². The Kier molecular flexibility index (Phi) is 2.94. The number of nitrogens with zero attached hydrogens (tertiary/aromatic N) is 3. The maximum atomic E-state index is 5.91. The van der Waals surface area contributed by atoms with Crippen LogP contribution in [-0.2, 0) is 6.42 Å². The predicted octanol–water partition coefficient (Wildman–Crippen LogP) is 1.55. The van der Waals surface area contributed by atoms with E-state index in [1.165, 1.54) is 12.8 Å². The van der Waals surface area contributed by atoms with E-state index < -0.39 is 0 Å². The summed E-state index contributed by atoms with van der Waals surface area (Å²) in [6.07, 6.45) is 5.19. The lowest BCUT2D eigenvalue weighted by atomic mass is 9.94. The maximum absolute atomic E-state index is 5.91. The molecule has 0 aromatic carbocycles. The first-order valence-electron chi connectivity index (χ1n) is 5.89. The van der Waals surface area contributed by atoms with E-state index in [0.29, 0.717) is 11.2 Å². The molecular weight excluding hydrogens is 238 g/mol. The fraction of sp³-hybridized carbons (Fsp3) is 0.545. The molecule has 1 fully saturated rings. The highest BCUT2D eigenvalue weighted by Crippen LogP contribution is 2.21. The third kappa shape index (κ3) is 2.25. The first-order chi connectivity index (χ1) is 8.33. The van der Waals surface area contributed by atoms with Crippen LogP contribution in [0.25, 0.3) is 11.0 Å². The number of aromatic amines is 1. The summed E-state index contributed by atoms with van der Waals surface area (Å²) < 4.78 is 0. The molecule has 0 aliphatic carbocycles. The maximum Gasteiger partial charge on any atom is 0.224 e. The van der Waals surface area contributed by atoms with Gasteiger partial charge in [-0.05, 0) is 49.9 Å². The summed E-state index contributed by atoms with van der Waals surface area (Å²) in [5.74, 6) is 0.632. The van der Waals surface area contributed by atoms with Gasteiger partial charge in [-0.2, -0.15) is 10.1 Å². The summed E-state index contributed by atoms with van der Waals surface area (Å²) in [5.41, 5.74) is 1.73. The molecule has 2 N–H and O–H groups in total. The molecule has 5 nitrogen and oxygen atoms in total. The fourth-order valence-electron chi connectivity index (χ4n) is 2.39. The highest BCUT2D eigenvalue weighted by Gasteiger charge is 2.17. The number of aromatic nitrogens is 4. The number of hydrogen-bond acceptors (Lipinski definition) is 4. The van der Waals surface area contributed by atoms with Crippen LogP contribution in [0.15, 0.2) is 6.20 Å². The SMILES string of the molecule is Clc1nc(CC2CCCNC2)c2cn[nH]c2n1. The minimum absolute atomic E-state index is 0.292. The van der Waals surface area contributed by atoms with Gasteiger partial charge in [0, 0.05) is 0 Å². The van der Waals surface area contributed by atoms with Gasteiger partial charge in [0.15, 0.2) is 5.65 Å². The molecule has 1 aliphatic rings. The molecular formula is C11H14ClN5. The molecule has 0 spiro atoms. The van der Waals surface area contributed by atoms with Gasteiger partial charge in [0.1, 0.15) is 0 Å².